The molecule has 4 aliphatic rings. The van der Waals surface area contributed by atoms with Crippen LogP contribution in [0.2, 0.25) is 0 Å². The number of hydrogen-bond acceptors (Lipinski definition) is 1. The standard InChI is InChI=1S/C40H24N4O/c1-3-11-25(12-4-1)39(26-13-5-2-6-14-26)29-16-7-15-27-28-20-21-33-35-37(28)44(36(27)29)38-30(39)17-9-22-41(38)40(35)34-31(18-8-19-32(34)45-33)42-23-10-24-43(40)42/h1-24H/q+2. The number of aromatic nitrogens is 4. The van der Waals surface area contributed by atoms with Crippen LogP contribution in [-0.2, 0) is 11.1 Å². The lowest BCUT2D eigenvalue weighted by Crippen LogP contribution is -2.77. The Kier molecular flexibility index (Phi) is 3.62. The van der Waals surface area contributed by atoms with Crippen LogP contribution >= 0.6 is 0 Å². The van der Waals surface area contributed by atoms with Crippen molar-refractivity contribution in [3.63, 3.8) is 0 Å². The van der Waals surface area contributed by atoms with Gasteiger partial charge in [-0.1, -0.05) is 83.5 Å². The predicted molar refractivity (Wildman–Crippen MR) is 170 cm³/mol. The van der Waals surface area contributed by atoms with Crippen LogP contribution in [0, 0.1) is 0 Å². The third-order valence-electron chi connectivity index (χ3n) is 10.8. The fourth-order valence-corrected chi connectivity index (χ4v) is 9.44. The molecular weight excluding hydrogens is 552 g/mol. The molecule has 0 bridgehead atoms. The average Bonchev–Trinajstić information content (AvgIpc) is 3.79. The molecule has 4 aliphatic heterocycles. The van der Waals surface area contributed by atoms with Gasteiger partial charge in [0.25, 0.3) is 5.82 Å². The Morgan fingerprint density at radius 2 is 1.29 bits per heavy atom. The maximum Gasteiger partial charge on any atom is 0.397 e. The Morgan fingerprint density at radius 3 is 2.11 bits per heavy atom. The van der Waals surface area contributed by atoms with Crippen LogP contribution in [0.25, 0.3) is 33.3 Å². The van der Waals surface area contributed by atoms with Gasteiger partial charge < -0.3 is 4.74 Å². The second kappa shape index (κ2) is 7.22. The van der Waals surface area contributed by atoms with Crippen molar-refractivity contribution in [3.8, 4) is 23.0 Å². The molecule has 12 rings (SSSR count). The molecule has 0 amide bonds. The molecule has 45 heavy (non-hydrogen) atoms. The van der Waals surface area contributed by atoms with Crippen molar-refractivity contribution >= 4 is 21.8 Å². The van der Waals surface area contributed by atoms with Crippen LogP contribution in [0.15, 0.2) is 146 Å². The highest BCUT2D eigenvalue weighted by Gasteiger charge is 2.70. The second-order valence-corrected chi connectivity index (χ2v) is 12.6. The van der Waals surface area contributed by atoms with E-state index < -0.39 is 11.1 Å². The molecule has 0 radical (unpaired) electrons. The SMILES string of the molecule is c1ccc(C2(c3ccccc3)c3ccc[n+]4c3-n3c5c2cccc5c2ccc5c(c23)C42c3c(cccc3-n3ccc[n+]32)O5)cc1. The van der Waals surface area contributed by atoms with E-state index in [0.717, 1.165) is 17.2 Å². The smallest absolute Gasteiger partial charge is 0.397 e. The lowest BCUT2D eigenvalue weighted by molar-refractivity contribution is -0.993. The molecule has 208 valence electrons. The first-order valence-corrected chi connectivity index (χ1v) is 15.5. The molecule has 0 saturated carbocycles. The summed E-state index contributed by atoms with van der Waals surface area (Å²) in [5.41, 5.74) is 9.85. The van der Waals surface area contributed by atoms with Gasteiger partial charge in [0.15, 0.2) is 11.1 Å². The van der Waals surface area contributed by atoms with Crippen molar-refractivity contribution in [2.45, 2.75) is 11.1 Å². The summed E-state index contributed by atoms with van der Waals surface area (Å²) in [6.07, 6.45) is 6.67. The molecule has 0 saturated heterocycles. The van der Waals surface area contributed by atoms with Crippen molar-refractivity contribution in [1.82, 2.24) is 9.25 Å². The number of para-hydroxylation sites is 1. The largest absolute Gasteiger partial charge is 0.456 e. The summed E-state index contributed by atoms with van der Waals surface area (Å²) in [5, 5.41) is 2.51. The van der Waals surface area contributed by atoms with Gasteiger partial charge in [-0.3, -0.25) is 0 Å². The van der Waals surface area contributed by atoms with Crippen LogP contribution in [0.5, 0.6) is 11.5 Å². The molecule has 0 fully saturated rings. The maximum atomic E-state index is 6.81. The van der Waals surface area contributed by atoms with Crippen molar-refractivity contribution < 1.29 is 14.0 Å². The second-order valence-electron chi connectivity index (χ2n) is 12.6. The highest BCUT2D eigenvalue weighted by atomic mass is 16.5. The molecule has 5 nitrogen and oxygen atoms in total. The molecule has 5 aromatic carbocycles. The van der Waals surface area contributed by atoms with Crippen LogP contribution in [0.3, 0.4) is 0 Å². The Hall–Kier alpha value is -5.94. The lowest BCUT2D eigenvalue weighted by Gasteiger charge is -2.41. The fourth-order valence-electron chi connectivity index (χ4n) is 9.44. The van der Waals surface area contributed by atoms with Gasteiger partial charge in [-0.05, 0) is 53.6 Å². The molecule has 8 aromatic rings. The van der Waals surface area contributed by atoms with Crippen LogP contribution in [0.1, 0.15) is 33.4 Å². The first-order valence-electron chi connectivity index (χ1n) is 15.5. The minimum absolute atomic E-state index is 0.541. The first-order chi connectivity index (χ1) is 22.3. The van der Waals surface area contributed by atoms with E-state index >= 15 is 0 Å². The number of rotatable bonds is 2. The van der Waals surface area contributed by atoms with E-state index in [4.69, 9.17) is 4.74 Å². The molecule has 5 heteroatoms. The summed E-state index contributed by atoms with van der Waals surface area (Å²) in [6.45, 7) is 0. The Labute approximate surface area is 258 Å². The quantitative estimate of drug-likeness (QED) is 0.206. The van der Waals surface area contributed by atoms with E-state index in [-0.39, 0.29) is 0 Å². The van der Waals surface area contributed by atoms with Gasteiger partial charge in [0.1, 0.15) is 28.3 Å². The van der Waals surface area contributed by atoms with E-state index in [1.807, 2.05) is 0 Å². The number of fused-ring (bicyclic) bond motifs is 3. The van der Waals surface area contributed by atoms with E-state index in [1.54, 1.807) is 0 Å². The summed E-state index contributed by atoms with van der Waals surface area (Å²) in [5.74, 6) is 3.00. The first kappa shape index (κ1) is 22.6. The van der Waals surface area contributed by atoms with Crippen LogP contribution < -0.4 is 14.0 Å². The molecule has 1 atom stereocenters. The molecular formula is C40H24N4O+2. The fraction of sp³-hybridized carbons (Fsp3) is 0.0500. The number of nitrogens with zero attached hydrogens (tertiary/aromatic N) is 4. The van der Waals surface area contributed by atoms with Gasteiger partial charge in [-0.25, -0.2) is 0 Å². The van der Waals surface area contributed by atoms with Gasteiger partial charge in [-0.15, -0.1) is 4.68 Å². The van der Waals surface area contributed by atoms with E-state index in [2.05, 4.69) is 164 Å². The third kappa shape index (κ3) is 2.17. The zero-order valence-electron chi connectivity index (χ0n) is 24.1. The summed E-state index contributed by atoms with van der Waals surface area (Å²) in [6, 6.07) is 46.7. The molecule has 0 N–H and O–H groups in total. The van der Waals surface area contributed by atoms with Gasteiger partial charge >= 0.3 is 5.66 Å². The zero-order chi connectivity index (χ0) is 29.1. The van der Waals surface area contributed by atoms with Gasteiger partial charge in [0.05, 0.1) is 23.4 Å². The van der Waals surface area contributed by atoms with E-state index in [9.17, 15) is 0 Å². The normalized spacial score (nSPS) is 18.2. The van der Waals surface area contributed by atoms with E-state index in [0.29, 0.717) is 0 Å². The summed E-state index contributed by atoms with van der Waals surface area (Å²) >= 11 is 0. The summed E-state index contributed by atoms with van der Waals surface area (Å²) in [7, 11) is 0. The molecule has 0 aliphatic carbocycles. The molecule has 7 heterocycles. The van der Waals surface area contributed by atoms with Crippen molar-refractivity contribution in [2.75, 3.05) is 0 Å². The molecule has 1 spiro atoms. The van der Waals surface area contributed by atoms with Crippen molar-refractivity contribution in [1.29, 1.82) is 0 Å². The van der Waals surface area contributed by atoms with Crippen LogP contribution in [0.4, 0.5) is 0 Å². The lowest BCUT2D eigenvalue weighted by atomic mass is 9.63. The summed E-state index contributed by atoms with van der Waals surface area (Å²) in [4.78, 5) is 0. The number of pyridine rings is 1. The third-order valence-corrected chi connectivity index (χ3v) is 10.8. The zero-order valence-corrected chi connectivity index (χ0v) is 24.1. The minimum Gasteiger partial charge on any atom is -0.456 e. The highest BCUT2D eigenvalue weighted by Crippen LogP contribution is 2.59. The van der Waals surface area contributed by atoms with Crippen molar-refractivity contribution in [3.05, 3.63) is 179 Å². The Balaban J connectivity index is 1.41. The number of hydrogen-bond donors (Lipinski definition) is 0. The van der Waals surface area contributed by atoms with Gasteiger partial charge in [0.2, 0.25) is 6.20 Å². The topological polar surface area (TPSA) is 26.8 Å². The minimum atomic E-state index is -0.672. The highest BCUT2D eigenvalue weighted by molar-refractivity contribution is 6.14. The Morgan fingerprint density at radius 1 is 0.556 bits per heavy atom. The number of ether oxygens (including phenoxy) is 1. The van der Waals surface area contributed by atoms with Gasteiger partial charge in [0, 0.05) is 22.4 Å². The molecule has 1 unspecified atom stereocenters. The van der Waals surface area contributed by atoms with Crippen LogP contribution in [-0.4, -0.2) is 9.25 Å². The monoisotopic (exact) mass is 576 g/mol. The van der Waals surface area contributed by atoms with Crippen molar-refractivity contribution in [2.24, 2.45) is 0 Å². The Bertz CT molecular complexity index is 2590. The maximum absolute atomic E-state index is 6.81. The van der Waals surface area contributed by atoms with E-state index in [1.165, 1.54) is 61.0 Å². The average molecular weight is 577 g/mol. The molecule has 3 aromatic heterocycles. The van der Waals surface area contributed by atoms with Gasteiger partial charge in [-0.2, -0.15) is 9.13 Å². The predicted octanol–water partition coefficient (Wildman–Crippen LogP) is 6.88. The summed E-state index contributed by atoms with van der Waals surface area (Å²) < 4.78 is 16.6. The number of benzene rings is 5.